The first-order chi connectivity index (χ1) is 8.67. The molecule has 0 fully saturated rings. The number of benzene rings is 1. The highest BCUT2D eigenvalue weighted by molar-refractivity contribution is 9.10. The number of nitrogens with one attached hydrogen (secondary N) is 1. The first-order valence-electron chi connectivity index (χ1n) is 6.06. The molecule has 18 heavy (non-hydrogen) atoms. The van der Waals surface area contributed by atoms with Crippen molar-refractivity contribution in [1.82, 2.24) is 15.1 Å². The highest BCUT2D eigenvalue weighted by Gasteiger charge is 2.09. The third-order valence-electron chi connectivity index (χ3n) is 3.02. The monoisotopic (exact) mass is 307 g/mol. The van der Waals surface area contributed by atoms with Crippen molar-refractivity contribution in [2.45, 2.75) is 18.9 Å². The zero-order chi connectivity index (χ0) is 13.0. The van der Waals surface area contributed by atoms with Crippen LogP contribution in [-0.2, 0) is 19.9 Å². The lowest BCUT2D eigenvalue weighted by Gasteiger charge is -2.15. The molecule has 2 aromatic rings. The lowest BCUT2D eigenvalue weighted by molar-refractivity contribution is 0.556. The second kappa shape index (κ2) is 6.16. The van der Waals surface area contributed by atoms with Gasteiger partial charge in [0.2, 0.25) is 0 Å². The molecule has 0 amide bonds. The second-order valence-electron chi connectivity index (χ2n) is 4.55. The van der Waals surface area contributed by atoms with Crippen molar-refractivity contribution in [1.29, 1.82) is 0 Å². The lowest BCUT2D eigenvalue weighted by atomic mass is 10.0. The van der Waals surface area contributed by atoms with E-state index in [1.165, 1.54) is 11.1 Å². The molecule has 96 valence electrons. The fourth-order valence-corrected chi connectivity index (χ4v) is 2.53. The molecular formula is C14H18BrN3. The van der Waals surface area contributed by atoms with Gasteiger partial charge in [-0.05, 0) is 43.1 Å². The first kappa shape index (κ1) is 13.3. The number of hydrogen-bond acceptors (Lipinski definition) is 2. The molecule has 1 aromatic carbocycles. The lowest BCUT2D eigenvalue weighted by Crippen LogP contribution is -2.29. The smallest absolute Gasteiger partial charge is 0.0522 e. The van der Waals surface area contributed by atoms with Crippen LogP contribution in [0.4, 0.5) is 0 Å². The number of aromatic nitrogens is 2. The highest BCUT2D eigenvalue weighted by Crippen LogP contribution is 2.14. The Labute approximate surface area is 116 Å². The summed E-state index contributed by atoms with van der Waals surface area (Å²) >= 11 is 3.51. The SMILES string of the molecule is CNC(Cc1cccc(Br)c1)Cc1cnn(C)c1. The molecule has 0 radical (unpaired) electrons. The second-order valence-corrected chi connectivity index (χ2v) is 5.46. The Morgan fingerprint density at radius 2 is 2.11 bits per heavy atom. The molecule has 1 aromatic heterocycles. The van der Waals surface area contributed by atoms with Gasteiger partial charge < -0.3 is 5.32 Å². The predicted octanol–water partition coefficient (Wildman–Crippen LogP) is 2.56. The van der Waals surface area contributed by atoms with Crippen molar-refractivity contribution in [3.05, 3.63) is 52.3 Å². The molecule has 1 unspecified atom stereocenters. The maximum absolute atomic E-state index is 4.21. The highest BCUT2D eigenvalue weighted by atomic mass is 79.9. The number of likely N-dealkylation sites (N-methyl/N-ethyl adjacent to an activating group) is 1. The van der Waals surface area contributed by atoms with Gasteiger partial charge in [0.1, 0.15) is 0 Å². The predicted molar refractivity (Wildman–Crippen MR) is 77.6 cm³/mol. The topological polar surface area (TPSA) is 29.9 Å². The molecule has 4 heteroatoms. The zero-order valence-corrected chi connectivity index (χ0v) is 12.3. The average Bonchev–Trinajstić information content (AvgIpc) is 2.74. The molecule has 1 heterocycles. The van der Waals surface area contributed by atoms with E-state index in [0.29, 0.717) is 6.04 Å². The van der Waals surface area contributed by atoms with E-state index in [1.807, 2.05) is 25.0 Å². The largest absolute Gasteiger partial charge is 0.316 e. The molecule has 1 atom stereocenters. The first-order valence-corrected chi connectivity index (χ1v) is 6.86. The molecule has 2 rings (SSSR count). The van der Waals surface area contributed by atoms with Gasteiger partial charge in [-0.2, -0.15) is 5.10 Å². The Bertz CT molecular complexity index is 507. The summed E-state index contributed by atoms with van der Waals surface area (Å²) in [5, 5.41) is 7.58. The summed E-state index contributed by atoms with van der Waals surface area (Å²) in [6.07, 6.45) is 6.03. The van der Waals surface area contributed by atoms with E-state index in [1.54, 1.807) is 0 Å². The van der Waals surface area contributed by atoms with Crippen molar-refractivity contribution in [2.24, 2.45) is 7.05 Å². The fourth-order valence-electron chi connectivity index (χ4n) is 2.09. The average molecular weight is 308 g/mol. The molecule has 3 nitrogen and oxygen atoms in total. The molecule has 0 saturated heterocycles. The molecule has 0 aliphatic carbocycles. The summed E-state index contributed by atoms with van der Waals surface area (Å²) in [7, 11) is 3.96. The summed E-state index contributed by atoms with van der Waals surface area (Å²) in [4.78, 5) is 0. The van der Waals surface area contributed by atoms with Crippen LogP contribution in [0.2, 0.25) is 0 Å². The normalized spacial score (nSPS) is 12.6. The molecule has 0 spiro atoms. The van der Waals surface area contributed by atoms with Crippen LogP contribution < -0.4 is 5.32 Å². The summed E-state index contributed by atoms with van der Waals surface area (Å²) in [5.41, 5.74) is 2.61. The van der Waals surface area contributed by atoms with Gasteiger partial charge in [-0.25, -0.2) is 0 Å². The van der Waals surface area contributed by atoms with Crippen molar-refractivity contribution >= 4 is 15.9 Å². The quantitative estimate of drug-likeness (QED) is 0.920. The summed E-state index contributed by atoms with van der Waals surface area (Å²) in [6.45, 7) is 0. The summed E-state index contributed by atoms with van der Waals surface area (Å²) < 4.78 is 2.98. The van der Waals surface area contributed by atoms with Crippen molar-refractivity contribution in [3.8, 4) is 0 Å². The number of rotatable bonds is 5. The molecule has 0 aliphatic rings. The van der Waals surface area contributed by atoms with E-state index < -0.39 is 0 Å². The van der Waals surface area contributed by atoms with Crippen LogP contribution in [0.5, 0.6) is 0 Å². The number of nitrogens with zero attached hydrogens (tertiary/aromatic N) is 2. The minimum Gasteiger partial charge on any atom is -0.316 e. The van der Waals surface area contributed by atoms with Crippen LogP contribution in [0, 0.1) is 0 Å². The Kier molecular flexibility index (Phi) is 4.55. The van der Waals surface area contributed by atoms with Gasteiger partial charge in [0.15, 0.2) is 0 Å². The van der Waals surface area contributed by atoms with E-state index in [2.05, 4.69) is 56.8 Å². The Morgan fingerprint density at radius 1 is 1.33 bits per heavy atom. The Hall–Kier alpha value is -1.13. The summed E-state index contributed by atoms with van der Waals surface area (Å²) in [6, 6.07) is 8.91. The Morgan fingerprint density at radius 3 is 2.72 bits per heavy atom. The number of hydrogen-bond donors (Lipinski definition) is 1. The van der Waals surface area contributed by atoms with Crippen LogP contribution in [0.1, 0.15) is 11.1 Å². The number of halogens is 1. The van der Waals surface area contributed by atoms with Gasteiger partial charge in [0, 0.05) is 23.8 Å². The van der Waals surface area contributed by atoms with Crippen LogP contribution in [0.25, 0.3) is 0 Å². The van der Waals surface area contributed by atoms with Crippen molar-refractivity contribution in [2.75, 3.05) is 7.05 Å². The van der Waals surface area contributed by atoms with Gasteiger partial charge in [-0.15, -0.1) is 0 Å². The Balaban J connectivity index is 2.01. The van der Waals surface area contributed by atoms with Crippen LogP contribution >= 0.6 is 15.9 Å². The van der Waals surface area contributed by atoms with E-state index in [9.17, 15) is 0 Å². The van der Waals surface area contributed by atoms with E-state index in [-0.39, 0.29) is 0 Å². The van der Waals surface area contributed by atoms with Crippen molar-refractivity contribution in [3.63, 3.8) is 0 Å². The molecule has 0 aliphatic heterocycles. The van der Waals surface area contributed by atoms with Crippen LogP contribution in [-0.4, -0.2) is 22.9 Å². The number of aryl methyl sites for hydroxylation is 1. The standard InChI is InChI=1S/C14H18BrN3/c1-16-14(8-12-9-17-18(2)10-12)7-11-4-3-5-13(15)6-11/h3-6,9-10,14,16H,7-8H2,1-2H3. The fraction of sp³-hybridized carbons (Fsp3) is 0.357. The van der Waals surface area contributed by atoms with Crippen LogP contribution in [0.3, 0.4) is 0 Å². The van der Waals surface area contributed by atoms with Gasteiger partial charge in [0.05, 0.1) is 6.20 Å². The van der Waals surface area contributed by atoms with Gasteiger partial charge in [-0.1, -0.05) is 28.1 Å². The minimum absolute atomic E-state index is 0.434. The maximum atomic E-state index is 4.21. The van der Waals surface area contributed by atoms with E-state index in [4.69, 9.17) is 0 Å². The van der Waals surface area contributed by atoms with Gasteiger partial charge in [0.25, 0.3) is 0 Å². The molecular weight excluding hydrogens is 290 g/mol. The van der Waals surface area contributed by atoms with Crippen LogP contribution in [0.15, 0.2) is 41.1 Å². The third kappa shape index (κ3) is 3.68. The van der Waals surface area contributed by atoms with Crippen molar-refractivity contribution < 1.29 is 0 Å². The minimum atomic E-state index is 0.434. The summed E-state index contributed by atoms with van der Waals surface area (Å²) in [5.74, 6) is 0. The zero-order valence-electron chi connectivity index (χ0n) is 10.7. The van der Waals surface area contributed by atoms with E-state index >= 15 is 0 Å². The maximum Gasteiger partial charge on any atom is 0.0522 e. The molecule has 0 saturated carbocycles. The van der Waals surface area contributed by atoms with Gasteiger partial charge >= 0.3 is 0 Å². The molecule has 0 bridgehead atoms. The third-order valence-corrected chi connectivity index (χ3v) is 3.51. The van der Waals surface area contributed by atoms with Gasteiger partial charge in [-0.3, -0.25) is 4.68 Å². The van der Waals surface area contributed by atoms with E-state index in [0.717, 1.165) is 17.3 Å². The molecule has 1 N–H and O–H groups in total.